The van der Waals surface area contributed by atoms with E-state index >= 15 is 0 Å². The number of hydrogen-bond donors (Lipinski definition) is 1. The standard InChI is InChI=1S/C26H31N3O4/c1-33-25(32)26(14-6-15-28(19-26)18-21-7-3-2-4-8-21)27-23(30)17-20-10-12-22(13-11-20)29-16-5-9-24(29)31/h2-4,7-8,10-13H,5-6,9,14-19H2,1H3,(H,27,30)/t26-/m0/s1. The zero-order chi connectivity index (χ0) is 23.3. The second-order valence-corrected chi connectivity index (χ2v) is 8.91. The topological polar surface area (TPSA) is 79.0 Å². The van der Waals surface area contributed by atoms with E-state index < -0.39 is 11.5 Å². The first-order valence-corrected chi connectivity index (χ1v) is 11.5. The molecule has 2 heterocycles. The van der Waals surface area contributed by atoms with Crippen LogP contribution < -0.4 is 10.2 Å². The molecule has 2 amide bonds. The lowest BCUT2D eigenvalue weighted by atomic mass is 9.88. The molecular weight excluding hydrogens is 418 g/mol. The Bertz CT molecular complexity index is 992. The van der Waals surface area contributed by atoms with Gasteiger partial charge in [-0.15, -0.1) is 0 Å². The highest BCUT2D eigenvalue weighted by molar-refractivity contribution is 5.95. The summed E-state index contributed by atoms with van der Waals surface area (Å²) in [6.45, 7) is 2.72. The summed E-state index contributed by atoms with van der Waals surface area (Å²) in [5.74, 6) is -0.485. The first-order valence-electron chi connectivity index (χ1n) is 11.5. The Morgan fingerprint density at radius 1 is 1.00 bits per heavy atom. The number of benzene rings is 2. The van der Waals surface area contributed by atoms with E-state index in [0.717, 1.165) is 37.2 Å². The van der Waals surface area contributed by atoms with Crippen molar-refractivity contribution >= 4 is 23.5 Å². The largest absolute Gasteiger partial charge is 0.467 e. The van der Waals surface area contributed by atoms with Gasteiger partial charge in [-0.25, -0.2) is 4.79 Å². The number of anilines is 1. The second kappa shape index (κ2) is 10.2. The van der Waals surface area contributed by atoms with Crippen molar-refractivity contribution in [2.45, 2.75) is 44.2 Å². The van der Waals surface area contributed by atoms with Crippen LogP contribution in [-0.2, 0) is 32.1 Å². The van der Waals surface area contributed by atoms with Gasteiger partial charge in [0.1, 0.15) is 0 Å². The van der Waals surface area contributed by atoms with Gasteiger partial charge in [-0.3, -0.25) is 14.5 Å². The van der Waals surface area contributed by atoms with Gasteiger partial charge in [0.15, 0.2) is 5.54 Å². The molecule has 0 radical (unpaired) electrons. The fourth-order valence-corrected chi connectivity index (χ4v) is 4.85. The molecule has 7 heteroatoms. The molecule has 2 fully saturated rings. The molecule has 33 heavy (non-hydrogen) atoms. The number of nitrogens with zero attached hydrogens (tertiary/aromatic N) is 2. The summed E-state index contributed by atoms with van der Waals surface area (Å²) in [6.07, 6.45) is 2.96. The quantitative estimate of drug-likeness (QED) is 0.658. The van der Waals surface area contributed by atoms with Gasteiger partial charge in [0.05, 0.1) is 13.5 Å². The molecule has 2 aliphatic rings. The normalized spacial score (nSPS) is 21.1. The van der Waals surface area contributed by atoms with Crippen molar-refractivity contribution in [3.63, 3.8) is 0 Å². The van der Waals surface area contributed by atoms with E-state index in [-0.39, 0.29) is 18.2 Å². The fraction of sp³-hybridized carbons (Fsp3) is 0.423. The molecule has 0 bridgehead atoms. The van der Waals surface area contributed by atoms with Crippen LogP contribution in [0.2, 0.25) is 0 Å². The molecule has 1 N–H and O–H groups in total. The van der Waals surface area contributed by atoms with Crippen LogP contribution >= 0.6 is 0 Å². The van der Waals surface area contributed by atoms with E-state index in [1.54, 1.807) is 4.90 Å². The van der Waals surface area contributed by atoms with Crippen LogP contribution in [0.4, 0.5) is 5.69 Å². The van der Waals surface area contributed by atoms with Gasteiger partial charge in [-0.05, 0) is 49.1 Å². The summed E-state index contributed by atoms with van der Waals surface area (Å²) in [4.78, 5) is 41.7. The number of carbonyl (C=O) groups excluding carboxylic acids is 3. The third-order valence-electron chi connectivity index (χ3n) is 6.46. The first-order chi connectivity index (χ1) is 16.0. The number of likely N-dealkylation sites (tertiary alicyclic amines) is 1. The number of amides is 2. The zero-order valence-electron chi connectivity index (χ0n) is 19.1. The molecule has 0 aliphatic carbocycles. The summed E-state index contributed by atoms with van der Waals surface area (Å²) in [5, 5.41) is 3.00. The summed E-state index contributed by atoms with van der Waals surface area (Å²) in [7, 11) is 1.37. The smallest absolute Gasteiger partial charge is 0.332 e. The monoisotopic (exact) mass is 449 g/mol. The third kappa shape index (κ3) is 5.42. The van der Waals surface area contributed by atoms with Gasteiger partial charge in [0.2, 0.25) is 11.8 Å². The van der Waals surface area contributed by atoms with Crippen LogP contribution in [0, 0.1) is 0 Å². The molecule has 1 atom stereocenters. The van der Waals surface area contributed by atoms with Crippen LogP contribution in [0.25, 0.3) is 0 Å². The molecule has 2 aromatic carbocycles. The minimum atomic E-state index is -1.05. The van der Waals surface area contributed by atoms with E-state index in [9.17, 15) is 14.4 Å². The van der Waals surface area contributed by atoms with Crippen LogP contribution in [0.5, 0.6) is 0 Å². The van der Waals surface area contributed by atoms with Crippen molar-refractivity contribution < 1.29 is 19.1 Å². The first kappa shape index (κ1) is 23.0. The highest BCUT2D eigenvalue weighted by Gasteiger charge is 2.44. The molecular formula is C26H31N3O4. The highest BCUT2D eigenvalue weighted by Crippen LogP contribution is 2.25. The maximum absolute atomic E-state index is 13.0. The number of carbonyl (C=O) groups is 3. The molecule has 0 aromatic heterocycles. The van der Waals surface area contributed by atoms with Crippen molar-refractivity contribution in [3.8, 4) is 0 Å². The minimum absolute atomic E-state index is 0.137. The van der Waals surface area contributed by atoms with Gasteiger partial charge < -0.3 is 15.0 Å². The number of esters is 1. The van der Waals surface area contributed by atoms with E-state index in [0.29, 0.717) is 25.9 Å². The van der Waals surface area contributed by atoms with Crippen LogP contribution in [0.15, 0.2) is 54.6 Å². The Kier molecular flexibility index (Phi) is 7.08. The Hall–Kier alpha value is -3.19. The number of ether oxygens (including phenoxy) is 1. The number of piperidine rings is 1. The second-order valence-electron chi connectivity index (χ2n) is 8.91. The number of methoxy groups -OCH3 is 1. The Morgan fingerprint density at radius 2 is 1.76 bits per heavy atom. The van der Waals surface area contributed by atoms with E-state index in [2.05, 4.69) is 22.3 Å². The fourth-order valence-electron chi connectivity index (χ4n) is 4.85. The van der Waals surface area contributed by atoms with Gasteiger partial charge >= 0.3 is 5.97 Å². The van der Waals surface area contributed by atoms with Gasteiger partial charge in [-0.1, -0.05) is 42.5 Å². The maximum atomic E-state index is 13.0. The SMILES string of the molecule is COC(=O)[C@]1(NC(=O)Cc2ccc(N3CCCC3=O)cc2)CCCN(Cc2ccccc2)C1. The molecule has 2 saturated heterocycles. The van der Waals surface area contributed by atoms with Gasteiger partial charge in [0, 0.05) is 31.7 Å². The summed E-state index contributed by atoms with van der Waals surface area (Å²) in [5.41, 5.74) is 1.80. The highest BCUT2D eigenvalue weighted by atomic mass is 16.5. The predicted molar refractivity (Wildman–Crippen MR) is 126 cm³/mol. The molecule has 0 saturated carbocycles. The third-order valence-corrected chi connectivity index (χ3v) is 6.46. The van der Waals surface area contributed by atoms with Crippen molar-refractivity contribution in [2.24, 2.45) is 0 Å². The van der Waals surface area contributed by atoms with Gasteiger partial charge in [0.25, 0.3) is 0 Å². The van der Waals surface area contributed by atoms with E-state index in [1.165, 1.54) is 12.7 Å². The van der Waals surface area contributed by atoms with Crippen molar-refractivity contribution in [1.29, 1.82) is 0 Å². The molecule has 2 aliphatic heterocycles. The number of nitrogens with one attached hydrogen (secondary N) is 1. The predicted octanol–water partition coefficient (Wildman–Crippen LogP) is 2.68. The Balaban J connectivity index is 1.42. The Morgan fingerprint density at radius 3 is 2.42 bits per heavy atom. The van der Waals surface area contributed by atoms with Crippen molar-refractivity contribution in [3.05, 3.63) is 65.7 Å². The summed E-state index contributed by atoms with van der Waals surface area (Å²) < 4.78 is 5.11. The van der Waals surface area contributed by atoms with Crippen molar-refractivity contribution in [1.82, 2.24) is 10.2 Å². The summed E-state index contributed by atoms with van der Waals surface area (Å²) >= 11 is 0. The zero-order valence-corrected chi connectivity index (χ0v) is 19.1. The lowest BCUT2D eigenvalue weighted by Crippen LogP contribution is -2.63. The number of rotatable bonds is 7. The van der Waals surface area contributed by atoms with Crippen LogP contribution in [-0.4, -0.2) is 55.0 Å². The molecule has 7 nitrogen and oxygen atoms in total. The average Bonchev–Trinajstić information content (AvgIpc) is 3.25. The molecule has 0 spiro atoms. The van der Waals surface area contributed by atoms with Crippen LogP contribution in [0.1, 0.15) is 36.8 Å². The van der Waals surface area contributed by atoms with E-state index in [4.69, 9.17) is 4.74 Å². The lowest BCUT2D eigenvalue weighted by Gasteiger charge is -2.41. The average molecular weight is 450 g/mol. The van der Waals surface area contributed by atoms with E-state index in [1.807, 2.05) is 42.5 Å². The van der Waals surface area contributed by atoms with Crippen LogP contribution in [0.3, 0.4) is 0 Å². The lowest BCUT2D eigenvalue weighted by molar-refractivity contribution is -0.153. The molecule has 4 rings (SSSR count). The minimum Gasteiger partial charge on any atom is -0.467 e. The Labute approximate surface area is 194 Å². The molecule has 2 aromatic rings. The molecule has 174 valence electrons. The van der Waals surface area contributed by atoms with Gasteiger partial charge in [-0.2, -0.15) is 0 Å². The molecule has 0 unspecified atom stereocenters. The van der Waals surface area contributed by atoms with Crippen molar-refractivity contribution in [2.75, 3.05) is 31.6 Å². The maximum Gasteiger partial charge on any atom is 0.332 e. The summed E-state index contributed by atoms with van der Waals surface area (Å²) in [6, 6.07) is 17.6. The number of hydrogen-bond acceptors (Lipinski definition) is 5.